The summed E-state index contributed by atoms with van der Waals surface area (Å²) in [5, 5.41) is 18.7. The van der Waals surface area contributed by atoms with E-state index >= 15 is 0 Å². The third-order valence-electron chi connectivity index (χ3n) is 4.09. The number of hydrogen-bond donors (Lipinski definition) is 1. The summed E-state index contributed by atoms with van der Waals surface area (Å²) in [7, 11) is 1.84. The summed E-state index contributed by atoms with van der Waals surface area (Å²) in [4.78, 5) is 14.1. The maximum absolute atomic E-state index is 12.5. The highest BCUT2D eigenvalue weighted by Gasteiger charge is 2.37. The smallest absolute Gasteiger partial charge is 0.289 e. The van der Waals surface area contributed by atoms with Crippen molar-refractivity contribution < 1.29 is 14.3 Å². The van der Waals surface area contributed by atoms with Crippen molar-refractivity contribution in [3.05, 3.63) is 35.8 Å². The van der Waals surface area contributed by atoms with Crippen LogP contribution in [0.15, 0.2) is 22.9 Å². The van der Waals surface area contributed by atoms with Crippen LogP contribution in [0.5, 0.6) is 0 Å². The lowest BCUT2D eigenvalue weighted by molar-refractivity contribution is -0.0266. The molecule has 1 aliphatic heterocycles. The van der Waals surface area contributed by atoms with Gasteiger partial charge in [0, 0.05) is 20.0 Å². The van der Waals surface area contributed by atoms with Gasteiger partial charge in [0.2, 0.25) is 0 Å². The maximum Gasteiger partial charge on any atom is 0.289 e. The number of rotatable bonds is 3. The average Bonchev–Trinajstić information content (AvgIpc) is 3.07. The van der Waals surface area contributed by atoms with Gasteiger partial charge in [-0.25, -0.2) is 0 Å². The summed E-state index contributed by atoms with van der Waals surface area (Å²) in [5.74, 6) is 1.56. The minimum atomic E-state index is -0.976. The van der Waals surface area contributed by atoms with E-state index in [1.54, 1.807) is 34.9 Å². The Morgan fingerprint density at radius 3 is 2.95 bits per heavy atom. The lowest BCUT2D eigenvalue weighted by Gasteiger charge is -2.38. The number of aromatic nitrogens is 3. The molecule has 1 fully saturated rings. The molecule has 1 N–H and O–H groups in total. The topological polar surface area (TPSA) is 84.4 Å². The van der Waals surface area contributed by atoms with Gasteiger partial charge in [-0.2, -0.15) is 0 Å². The first kappa shape index (κ1) is 14.8. The van der Waals surface area contributed by atoms with Gasteiger partial charge in [0.05, 0.1) is 12.1 Å². The Balaban J connectivity index is 1.73. The minimum Gasteiger partial charge on any atom is -0.456 e. The first-order valence-electron chi connectivity index (χ1n) is 7.38. The fourth-order valence-electron chi connectivity index (χ4n) is 2.90. The number of aliphatic hydroxyl groups is 1. The van der Waals surface area contributed by atoms with Crippen molar-refractivity contribution in [3.63, 3.8) is 0 Å². The number of nitrogens with zero attached hydrogens (tertiary/aromatic N) is 4. The van der Waals surface area contributed by atoms with Crippen molar-refractivity contribution in [3.8, 4) is 0 Å². The Morgan fingerprint density at radius 2 is 2.32 bits per heavy atom. The van der Waals surface area contributed by atoms with E-state index in [0.29, 0.717) is 36.7 Å². The van der Waals surface area contributed by atoms with E-state index in [9.17, 15) is 9.90 Å². The van der Waals surface area contributed by atoms with Crippen molar-refractivity contribution >= 4 is 5.91 Å². The molecule has 0 aliphatic carbocycles. The molecule has 3 heterocycles. The Hall–Kier alpha value is -2.15. The Labute approximate surface area is 128 Å². The third kappa shape index (κ3) is 2.89. The highest BCUT2D eigenvalue weighted by molar-refractivity contribution is 5.91. The summed E-state index contributed by atoms with van der Waals surface area (Å²) in [6, 6.07) is 3.44. The lowest BCUT2D eigenvalue weighted by Crippen LogP contribution is -2.51. The molecule has 0 spiro atoms. The SMILES string of the molecule is Cc1ccc(C(=O)N2CCCC(O)(Cc3nncn3C)C2)o1. The molecule has 0 radical (unpaired) electrons. The van der Waals surface area contributed by atoms with Crippen molar-refractivity contribution in [1.29, 1.82) is 0 Å². The molecule has 1 aliphatic rings. The van der Waals surface area contributed by atoms with Crippen LogP contribution >= 0.6 is 0 Å². The second-order valence-electron chi connectivity index (χ2n) is 6.00. The molecule has 118 valence electrons. The second kappa shape index (κ2) is 5.57. The van der Waals surface area contributed by atoms with Crippen LogP contribution in [0.2, 0.25) is 0 Å². The highest BCUT2D eigenvalue weighted by Crippen LogP contribution is 2.26. The monoisotopic (exact) mass is 304 g/mol. The molecule has 0 aromatic carbocycles. The standard InChI is InChI=1S/C15H20N4O3/c1-11-4-5-12(22-11)14(20)19-7-3-6-15(21,9-19)8-13-17-16-10-18(13)2/h4-5,10,21H,3,6-9H2,1-2H3. The van der Waals surface area contributed by atoms with E-state index in [1.165, 1.54) is 0 Å². The van der Waals surface area contributed by atoms with Crippen LogP contribution in [0.1, 0.15) is 35.0 Å². The van der Waals surface area contributed by atoms with Gasteiger partial charge in [0.1, 0.15) is 17.9 Å². The van der Waals surface area contributed by atoms with Crippen LogP contribution < -0.4 is 0 Å². The number of aryl methyl sites for hydroxylation is 2. The van der Waals surface area contributed by atoms with Crippen molar-refractivity contribution in [1.82, 2.24) is 19.7 Å². The van der Waals surface area contributed by atoms with Gasteiger partial charge in [-0.3, -0.25) is 4.79 Å². The average molecular weight is 304 g/mol. The van der Waals surface area contributed by atoms with Gasteiger partial charge in [-0.15, -0.1) is 10.2 Å². The number of furan rings is 1. The van der Waals surface area contributed by atoms with Crippen LogP contribution in [0.4, 0.5) is 0 Å². The zero-order valence-electron chi connectivity index (χ0n) is 12.8. The van der Waals surface area contributed by atoms with E-state index in [0.717, 1.165) is 6.42 Å². The summed E-state index contributed by atoms with van der Waals surface area (Å²) < 4.78 is 7.18. The predicted molar refractivity (Wildman–Crippen MR) is 78.2 cm³/mol. The van der Waals surface area contributed by atoms with E-state index < -0.39 is 5.60 Å². The third-order valence-corrected chi connectivity index (χ3v) is 4.09. The second-order valence-corrected chi connectivity index (χ2v) is 6.00. The van der Waals surface area contributed by atoms with Crippen molar-refractivity contribution in [2.75, 3.05) is 13.1 Å². The molecule has 1 unspecified atom stereocenters. The summed E-state index contributed by atoms with van der Waals surface area (Å²) in [6.07, 6.45) is 3.38. The highest BCUT2D eigenvalue weighted by atomic mass is 16.4. The fraction of sp³-hybridized carbons (Fsp3) is 0.533. The maximum atomic E-state index is 12.5. The minimum absolute atomic E-state index is 0.177. The lowest BCUT2D eigenvalue weighted by atomic mass is 9.89. The molecule has 2 aromatic heterocycles. The van der Waals surface area contributed by atoms with Crippen LogP contribution in [0, 0.1) is 6.92 Å². The zero-order valence-corrected chi connectivity index (χ0v) is 12.8. The molecule has 22 heavy (non-hydrogen) atoms. The molecular weight excluding hydrogens is 284 g/mol. The largest absolute Gasteiger partial charge is 0.456 e. The van der Waals surface area contributed by atoms with Gasteiger partial charge < -0.3 is 19.0 Å². The van der Waals surface area contributed by atoms with E-state index in [4.69, 9.17) is 4.42 Å². The molecule has 7 heteroatoms. The van der Waals surface area contributed by atoms with Gasteiger partial charge in [0.15, 0.2) is 5.76 Å². The number of piperidine rings is 1. The van der Waals surface area contributed by atoms with Crippen LogP contribution in [-0.4, -0.2) is 49.4 Å². The van der Waals surface area contributed by atoms with Gasteiger partial charge >= 0.3 is 0 Å². The Morgan fingerprint density at radius 1 is 1.50 bits per heavy atom. The first-order chi connectivity index (χ1) is 10.5. The summed E-state index contributed by atoms with van der Waals surface area (Å²) in [6.45, 7) is 2.70. The van der Waals surface area contributed by atoms with Crippen LogP contribution in [-0.2, 0) is 13.5 Å². The van der Waals surface area contributed by atoms with Gasteiger partial charge in [0.25, 0.3) is 5.91 Å². The van der Waals surface area contributed by atoms with Crippen molar-refractivity contribution in [2.24, 2.45) is 7.05 Å². The molecule has 7 nitrogen and oxygen atoms in total. The van der Waals surface area contributed by atoms with Crippen LogP contribution in [0.25, 0.3) is 0 Å². The molecule has 3 rings (SSSR count). The van der Waals surface area contributed by atoms with E-state index in [1.807, 2.05) is 7.05 Å². The normalized spacial score (nSPS) is 22.0. The Bertz CT molecular complexity index is 678. The van der Waals surface area contributed by atoms with Gasteiger partial charge in [-0.1, -0.05) is 0 Å². The quantitative estimate of drug-likeness (QED) is 0.911. The van der Waals surface area contributed by atoms with Gasteiger partial charge in [-0.05, 0) is 31.9 Å². The van der Waals surface area contributed by atoms with Crippen LogP contribution in [0.3, 0.4) is 0 Å². The summed E-state index contributed by atoms with van der Waals surface area (Å²) in [5.41, 5.74) is -0.976. The van der Waals surface area contributed by atoms with E-state index in [2.05, 4.69) is 10.2 Å². The molecule has 1 saturated heterocycles. The number of amides is 1. The predicted octanol–water partition coefficient (Wildman–Crippen LogP) is 0.926. The number of β-amino-alcohol motifs (C(OH)–C–C–N with tert-alkyl or cyclic N) is 1. The van der Waals surface area contributed by atoms with Crippen molar-refractivity contribution in [2.45, 2.75) is 31.8 Å². The molecular formula is C15H20N4O3. The number of carbonyl (C=O) groups is 1. The first-order valence-corrected chi connectivity index (χ1v) is 7.38. The molecule has 0 bridgehead atoms. The fourth-order valence-corrected chi connectivity index (χ4v) is 2.90. The molecule has 0 saturated carbocycles. The Kier molecular flexibility index (Phi) is 3.74. The number of likely N-dealkylation sites (tertiary alicyclic amines) is 1. The zero-order chi connectivity index (χ0) is 15.7. The molecule has 1 amide bonds. The molecule has 1 atom stereocenters. The van der Waals surface area contributed by atoms with E-state index in [-0.39, 0.29) is 12.5 Å². The molecule has 2 aromatic rings. The number of hydrogen-bond acceptors (Lipinski definition) is 5. The number of carbonyl (C=O) groups excluding carboxylic acids is 1. The summed E-state index contributed by atoms with van der Waals surface area (Å²) >= 11 is 0.